The molecule has 0 aliphatic rings. The summed E-state index contributed by atoms with van der Waals surface area (Å²) in [5.41, 5.74) is 1.97. The van der Waals surface area contributed by atoms with Gasteiger partial charge in [-0.3, -0.25) is 4.57 Å². The van der Waals surface area contributed by atoms with E-state index in [2.05, 4.69) is 20.5 Å². The van der Waals surface area contributed by atoms with Crippen molar-refractivity contribution >= 4 is 39.2 Å². The molecule has 15 heavy (non-hydrogen) atoms. The minimum Gasteiger partial charge on any atom is -0.429 e. The molecule has 0 amide bonds. The Morgan fingerprint density at radius 1 is 1.27 bits per heavy atom. The Morgan fingerprint density at radius 3 is 2.87 bits per heavy atom. The lowest BCUT2D eigenvalue weighted by Crippen LogP contribution is -1.97. The molecule has 0 spiro atoms. The van der Waals surface area contributed by atoms with Crippen molar-refractivity contribution in [1.29, 1.82) is 0 Å². The van der Waals surface area contributed by atoms with E-state index < -0.39 is 0 Å². The number of aryl methyl sites for hydroxylation is 1. The largest absolute Gasteiger partial charge is 0.429 e. The van der Waals surface area contributed by atoms with Crippen molar-refractivity contribution in [3.05, 3.63) is 29.1 Å². The number of halogens is 1. The van der Waals surface area contributed by atoms with E-state index in [9.17, 15) is 0 Å². The molecular formula is C11H12BrNOS. The van der Waals surface area contributed by atoms with Gasteiger partial charge >= 0.3 is 0 Å². The quantitative estimate of drug-likeness (QED) is 0.477. The summed E-state index contributed by atoms with van der Waals surface area (Å²) < 4.78 is 7.56. The lowest BCUT2D eigenvalue weighted by Gasteiger charge is -2.01. The van der Waals surface area contributed by atoms with Gasteiger partial charge in [0.15, 0.2) is 5.58 Å². The van der Waals surface area contributed by atoms with Crippen molar-refractivity contribution in [2.24, 2.45) is 0 Å². The predicted molar refractivity (Wildman–Crippen MR) is 68.1 cm³/mol. The summed E-state index contributed by atoms with van der Waals surface area (Å²) in [4.78, 5) is 0.575. The molecule has 1 aromatic carbocycles. The highest BCUT2D eigenvalue weighted by molar-refractivity contribution is 9.09. The molecule has 0 atom stereocenters. The Labute approximate surface area is 102 Å². The van der Waals surface area contributed by atoms with Crippen molar-refractivity contribution in [1.82, 2.24) is 4.57 Å². The Morgan fingerprint density at radius 2 is 2.07 bits per heavy atom. The summed E-state index contributed by atoms with van der Waals surface area (Å²) in [6, 6.07) is 7.96. The second kappa shape index (κ2) is 4.94. The average Bonchev–Trinajstić information content (AvgIpc) is 2.56. The monoisotopic (exact) mass is 285 g/mol. The van der Waals surface area contributed by atoms with Gasteiger partial charge in [-0.25, -0.2) is 0 Å². The second-order valence-corrected chi connectivity index (χ2v) is 4.53. The van der Waals surface area contributed by atoms with Crippen LogP contribution in [-0.4, -0.2) is 9.90 Å². The molecule has 4 heteroatoms. The van der Waals surface area contributed by atoms with Gasteiger partial charge in [-0.1, -0.05) is 28.1 Å². The number of alkyl halides is 1. The number of unbranched alkanes of at least 4 members (excludes halogenated alkanes) is 1. The fourth-order valence-corrected chi connectivity index (χ4v) is 2.27. The van der Waals surface area contributed by atoms with Crippen molar-refractivity contribution in [2.75, 3.05) is 5.33 Å². The fraction of sp³-hybridized carbons (Fsp3) is 0.364. The van der Waals surface area contributed by atoms with Crippen LogP contribution in [0.2, 0.25) is 0 Å². The standard InChI is InChI=1S/C11H12BrNOS/c12-7-3-4-8-13-9-5-1-2-6-10(9)14-11(13)15/h1-2,5-6H,3-4,7-8H2. The molecular weight excluding hydrogens is 274 g/mol. The van der Waals surface area contributed by atoms with Gasteiger partial charge < -0.3 is 4.42 Å². The van der Waals surface area contributed by atoms with Crippen LogP contribution < -0.4 is 0 Å². The molecule has 0 saturated heterocycles. The molecule has 80 valence electrons. The normalized spacial score (nSPS) is 11.0. The second-order valence-electron chi connectivity index (χ2n) is 3.38. The van der Waals surface area contributed by atoms with Crippen molar-refractivity contribution in [3.63, 3.8) is 0 Å². The molecule has 1 aromatic heterocycles. The van der Waals surface area contributed by atoms with Crippen molar-refractivity contribution in [3.8, 4) is 0 Å². The van der Waals surface area contributed by atoms with E-state index in [1.165, 1.54) is 0 Å². The van der Waals surface area contributed by atoms with Crippen LogP contribution in [0.1, 0.15) is 12.8 Å². The first kappa shape index (κ1) is 10.9. The summed E-state index contributed by atoms with van der Waals surface area (Å²) in [5.74, 6) is 0. The zero-order valence-corrected chi connectivity index (χ0v) is 10.7. The number of para-hydroxylation sites is 2. The third-order valence-electron chi connectivity index (χ3n) is 2.34. The van der Waals surface area contributed by atoms with Gasteiger partial charge in [-0.05, 0) is 37.2 Å². The van der Waals surface area contributed by atoms with E-state index in [1.54, 1.807) is 0 Å². The number of hydrogen-bond donors (Lipinski definition) is 0. The van der Waals surface area contributed by atoms with E-state index in [-0.39, 0.29) is 0 Å². The number of oxazole rings is 1. The number of nitrogens with zero attached hydrogens (tertiary/aromatic N) is 1. The molecule has 2 nitrogen and oxygen atoms in total. The summed E-state index contributed by atoms with van der Waals surface area (Å²) in [6.07, 6.45) is 2.27. The van der Waals surface area contributed by atoms with Gasteiger partial charge in [-0.15, -0.1) is 0 Å². The van der Waals surface area contributed by atoms with E-state index in [1.807, 2.05) is 24.3 Å². The molecule has 2 rings (SSSR count). The summed E-state index contributed by atoms with van der Waals surface area (Å²) in [5, 5.41) is 1.04. The molecule has 0 bridgehead atoms. The molecule has 2 aromatic rings. The van der Waals surface area contributed by atoms with Crippen LogP contribution in [0.3, 0.4) is 0 Å². The highest BCUT2D eigenvalue weighted by Crippen LogP contribution is 2.17. The number of hydrogen-bond acceptors (Lipinski definition) is 2. The van der Waals surface area contributed by atoms with Gasteiger partial charge in [-0.2, -0.15) is 0 Å². The molecule has 0 aliphatic carbocycles. The predicted octanol–water partition coefficient (Wildman–Crippen LogP) is 4.14. The average molecular weight is 286 g/mol. The summed E-state index contributed by atoms with van der Waals surface area (Å²) >= 11 is 8.61. The van der Waals surface area contributed by atoms with Crippen molar-refractivity contribution in [2.45, 2.75) is 19.4 Å². The number of aromatic nitrogens is 1. The topological polar surface area (TPSA) is 18.1 Å². The van der Waals surface area contributed by atoms with Crippen LogP contribution in [-0.2, 0) is 6.54 Å². The Bertz CT molecular complexity index is 503. The first-order chi connectivity index (χ1) is 7.33. The number of rotatable bonds is 4. The first-order valence-corrected chi connectivity index (χ1v) is 6.50. The zero-order valence-electron chi connectivity index (χ0n) is 8.28. The summed E-state index contributed by atoms with van der Waals surface area (Å²) in [6.45, 7) is 0.932. The first-order valence-electron chi connectivity index (χ1n) is 4.97. The third-order valence-corrected chi connectivity index (χ3v) is 3.20. The zero-order chi connectivity index (χ0) is 10.7. The summed E-state index contributed by atoms with van der Waals surface area (Å²) in [7, 11) is 0. The Balaban J connectivity index is 2.33. The van der Waals surface area contributed by atoms with Gasteiger partial charge in [0.05, 0.1) is 5.52 Å². The Hall–Kier alpha value is -0.610. The van der Waals surface area contributed by atoms with Gasteiger partial charge in [0, 0.05) is 11.9 Å². The minimum absolute atomic E-state index is 0.575. The van der Waals surface area contributed by atoms with Crippen LogP contribution >= 0.6 is 28.1 Å². The highest BCUT2D eigenvalue weighted by atomic mass is 79.9. The van der Waals surface area contributed by atoms with E-state index >= 15 is 0 Å². The molecule has 1 heterocycles. The maximum absolute atomic E-state index is 5.50. The van der Waals surface area contributed by atoms with Gasteiger partial charge in [0.1, 0.15) is 0 Å². The molecule has 0 aliphatic heterocycles. The van der Waals surface area contributed by atoms with Crippen LogP contribution in [0.5, 0.6) is 0 Å². The SMILES string of the molecule is S=c1oc2ccccc2n1CCCCBr. The Kier molecular flexibility index (Phi) is 3.59. The molecule has 0 fully saturated rings. The number of fused-ring (bicyclic) bond motifs is 1. The minimum atomic E-state index is 0.575. The maximum Gasteiger partial charge on any atom is 0.269 e. The van der Waals surface area contributed by atoms with Crippen LogP contribution in [0.25, 0.3) is 11.1 Å². The smallest absolute Gasteiger partial charge is 0.269 e. The van der Waals surface area contributed by atoms with Gasteiger partial charge in [0.2, 0.25) is 0 Å². The number of benzene rings is 1. The highest BCUT2D eigenvalue weighted by Gasteiger charge is 2.04. The molecule has 0 saturated carbocycles. The van der Waals surface area contributed by atoms with Crippen LogP contribution in [0.4, 0.5) is 0 Å². The lowest BCUT2D eigenvalue weighted by molar-refractivity contribution is 0.525. The molecule has 0 N–H and O–H groups in total. The third kappa shape index (κ3) is 2.32. The van der Waals surface area contributed by atoms with E-state index in [0.717, 1.165) is 35.8 Å². The molecule has 0 unspecified atom stereocenters. The fourth-order valence-electron chi connectivity index (χ4n) is 1.59. The van der Waals surface area contributed by atoms with Gasteiger partial charge in [0.25, 0.3) is 4.84 Å². The maximum atomic E-state index is 5.50. The van der Waals surface area contributed by atoms with Crippen molar-refractivity contribution < 1.29 is 4.42 Å². The molecule has 0 radical (unpaired) electrons. The van der Waals surface area contributed by atoms with Crippen LogP contribution in [0.15, 0.2) is 28.7 Å². The van der Waals surface area contributed by atoms with E-state index in [4.69, 9.17) is 16.6 Å². The lowest BCUT2D eigenvalue weighted by atomic mass is 10.3. The van der Waals surface area contributed by atoms with Crippen LogP contribution in [0, 0.1) is 4.84 Å². The van der Waals surface area contributed by atoms with E-state index in [0.29, 0.717) is 4.84 Å².